The lowest BCUT2D eigenvalue weighted by atomic mass is 10.3. The molecule has 0 spiro atoms. The molecule has 0 aromatic carbocycles. The van der Waals surface area contributed by atoms with E-state index in [9.17, 15) is 4.79 Å². The maximum atomic E-state index is 11.4. The molecular formula is C11H15Cl2N3O2. The zero-order chi connectivity index (χ0) is 13.4. The summed E-state index contributed by atoms with van der Waals surface area (Å²) in [7, 11) is 1.59. The largest absolute Gasteiger partial charge is 0.383 e. The van der Waals surface area contributed by atoms with Crippen molar-refractivity contribution in [3.8, 4) is 0 Å². The number of hydrogen-bond donors (Lipinski definition) is 2. The van der Waals surface area contributed by atoms with E-state index < -0.39 is 0 Å². The Bertz CT molecular complexity index is 402. The van der Waals surface area contributed by atoms with E-state index in [4.69, 9.17) is 27.9 Å². The first-order chi connectivity index (χ1) is 8.63. The molecule has 1 amide bonds. The SMILES string of the molecule is COCCNC(=O)CCNc1ncc(Cl)cc1Cl. The molecule has 1 rings (SSSR count). The van der Waals surface area contributed by atoms with Crippen LogP contribution >= 0.6 is 23.2 Å². The maximum absolute atomic E-state index is 11.4. The molecule has 2 N–H and O–H groups in total. The second-order valence-electron chi connectivity index (χ2n) is 3.50. The summed E-state index contributed by atoms with van der Waals surface area (Å²) in [5.41, 5.74) is 0. The van der Waals surface area contributed by atoms with Crippen LogP contribution in [0.3, 0.4) is 0 Å². The average molecular weight is 292 g/mol. The zero-order valence-corrected chi connectivity index (χ0v) is 11.5. The molecule has 1 heterocycles. The van der Waals surface area contributed by atoms with Crippen LogP contribution in [0.4, 0.5) is 5.82 Å². The molecule has 0 bridgehead atoms. The number of anilines is 1. The van der Waals surface area contributed by atoms with E-state index in [1.165, 1.54) is 6.20 Å². The highest BCUT2D eigenvalue weighted by Gasteiger charge is 2.04. The van der Waals surface area contributed by atoms with Crippen LogP contribution in [0.5, 0.6) is 0 Å². The Kier molecular flexibility index (Phi) is 6.78. The molecule has 0 atom stereocenters. The van der Waals surface area contributed by atoms with Gasteiger partial charge in [-0.15, -0.1) is 0 Å². The lowest BCUT2D eigenvalue weighted by Crippen LogP contribution is -2.28. The number of aromatic nitrogens is 1. The maximum Gasteiger partial charge on any atom is 0.221 e. The number of pyridine rings is 1. The van der Waals surface area contributed by atoms with E-state index in [1.54, 1.807) is 13.2 Å². The highest BCUT2D eigenvalue weighted by Crippen LogP contribution is 2.22. The van der Waals surface area contributed by atoms with Gasteiger partial charge >= 0.3 is 0 Å². The minimum absolute atomic E-state index is 0.0513. The van der Waals surface area contributed by atoms with E-state index in [-0.39, 0.29) is 5.91 Å². The van der Waals surface area contributed by atoms with Gasteiger partial charge in [0.05, 0.1) is 16.7 Å². The van der Waals surface area contributed by atoms with Crippen molar-refractivity contribution in [2.24, 2.45) is 0 Å². The summed E-state index contributed by atoms with van der Waals surface area (Å²) >= 11 is 11.6. The highest BCUT2D eigenvalue weighted by atomic mass is 35.5. The van der Waals surface area contributed by atoms with Gasteiger partial charge in [-0.25, -0.2) is 4.98 Å². The molecule has 0 fully saturated rings. The van der Waals surface area contributed by atoms with Gasteiger partial charge < -0.3 is 15.4 Å². The molecule has 18 heavy (non-hydrogen) atoms. The second-order valence-corrected chi connectivity index (χ2v) is 4.35. The number of carbonyl (C=O) groups is 1. The zero-order valence-electron chi connectivity index (χ0n) is 10.0. The average Bonchev–Trinajstić information content (AvgIpc) is 2.32. The van der Waals surface area contributed by atoms with Gasteiger partial charge in [0.15, 0.2) is 0 Å². The molecule has 100 valence electrons. The topological polar surface area (TPSA) is 63.2 Å². The number of methoxy groups -OCH3 is 1. The first-order valence-corrected chi connectivity index (χ1v) is 6.19. The molecule has 7 heteroatoms. The first kappa shape index (κ1) is 15.0. The number of rotatable bonds is 7. The molecule has 1 aromatic rings. The Balaban J connectivity index is 2.26. The fourth-order valence-corrected chi connectivity index (χ4v) is 1.67. The van der Waals surface area contributed by atoms with Gasteiger partial charge in [-0.1, -0.05) is 23.2 Å². The molecule has 0 unspecified atom stereocenters. The Morgan fingerprint density at radius 1 is 1.44 bits per heavy atom. The van der Waals surface area contributed by atoms with E-state index in [0.717, 1.165) is 0 Å². The van der Waals surface area contributed by atoms with Crippen molar-refractivity contribution in [3.63, 3.8) is 0 Å². The highest BCUT2D eigenvalue weighted by molar-refractivity contribution is 6.35. The lowest BCUT2D eigenvalue weighted by molar-refractivity contribution is -0.121. The third-order valence-corrected chi connectivity index (χ3v) is 2.58. The second kappa shape index (κ2) is 8.13. The minimum atomic E-state index is -0.0513. The summed E-state index contributed by atoms with van der Waals surface area (Å²) in [4.78, 5) is 15.4. The van der Waals surface area contributed by atoms with Crippen molar-refractivity contribution >= 4 is 34.9 Å². The van der Waals surface area contributed by atoms with Crippen molar-refractivity contribution in [1.82, 2.24) is 10.3 Å². The number of nitrogens with zero attached hydrogens (tertiary/aromatic N) is 1. The van der Waals surface area contributed by atoms with Crippen LogP contribution in [0.2, 0.25) is 10.0 Å². The summed E-state index contributed by atoms with van der Waals surface area (Å²) in [6, 6.07) is 1.59. The van der Waals surface area contributed by atoms with Crippen LogP contribution in [-0.2, 0) is 9.53 Å². The monoisotopic (exact) mass is 291 g/mol. The number of ether oxygens (including phenoxy) is 1. The fourth-order valence-electron chi connectivity index (χ4n) is 1.22. The van der Waals surface area contributed by atoms with Crippen LogP contribution in [0, 0.1) is 0 Å². The fraction of sp³-hybridized carbons (Fsp3) is 0.455. The lowest BCUT2D eigenvalue weighted by Gasteiger charge is -2.08. The quantitative estimate of drug-likeness (QED) is 0.754. The molecule has 0 aliphatic rings. The van der Waals surface area contributed by atoms with Crippen molar-refractivity contribution in [2.45, 2.75) is 6.42 Å². The molecule has 1 aromatic heterocycles. The van der Waals surface area contributed by atoms with Crippen LogP contribution in [0.1, 0.15) is 6.42 Å². The Morgan fingerprint density at radius 3 is 2.89 bits per heavy atom. The number of halogens is 2. The molecular weight excluding hydrogens is 277 g/mol. The summed E-state index contributed by atoms with van der Waals surface area (Å²) in [6.07, 6.45) is 1.83. The number of hydrogen-bond acceptors (Lipinski definition) is 4. The van der Waals surface area contributed by atoms with E-state index in [1.807, 2.05) is 0 Å². The first-order valence-electron chi connectivity index (χ1n) is 5.44. The summed E-state index contributed by atoms with van der Waals surface area (Å²) in [5.74, 6) is 0.468. The van der Waals surface area contributed by atoms with E-state index in [2.05, 4.69) is 15.6 Å². The van der Waals surface area contributed by atoms with Gasteiger partial charge in [-0.05, 0) is 6.07 Å². The van der Waals surface area contributed by atoms with E-state index in [0.29, 0.717) is 42.0 Å². The third-order valence-electron chi connectivity index (χ3n) is 2.08. The van der Waals surface area contributed by atoms with Gasteiger partial charge in [-0.2, -0.15) is 0 Å². The minimum Gasteiger partial charge on any atom is -0.383 e. The smallest absolute Gasteiger partial charge is 0.221 e. The van der Waals surface area contributed by atoms with Crippen molar-refractivity contribution < 1.29 is 9.53 Å². The Hall–Kier alpha value is -1.04. The van der Waals surface area contributed by atoms with Crippen LogP contribution in [-0.4, -0.2) is 37.7 Å². The standard InChI is InChI=1S/C11H15Cl2N3O2/c1-18-5-4-14-10(17)2-3-15-11-9(13)6-8(12)7-16-11/h6-7H,2-5H2,1H3,(H,14,17)(H,15,16). The van der Waals surface area contributed by atoms with Crippen molar-refractivity contribution in [2.75, 3.05) is 32.1 Å². The van der Waals surface area contributed by atoms with Gasteiger partial charge in [0, 0.05) is 32.8 Å². The predicted molar refractivity (Wildman–Crippen MR) is 72.2 cm³/mol. The van der Waals surface area contributed by atoms with Crippen molar-refractivity contribution in [1.29, 1.82) is 0 Å². The van der Waals surface area contributed by atoms with Gasteiger partial charge in [0.2, 0.25) is 5.91 Å². The third kappa shape index (κ3) is 5.53. The number of amides is 1. The van der Waals surface area contributed by atoms with Gasteiger partial charge in [0.1, 0.15) is 5.82 Å². The summed E-state index contributed by atoms with van der Waals surface area (Å²) in [5, 5.41) is 6.59. The van der Waals surface area contributed by atoms with E-state index >= 15 is 0 Å². The summed E-state index contributed by atoms with van der Waals surface area (Å²) in [6.45, 7) is 1.46. The summed E-state index contributed by atoms with van der Waals surface area (Å²) < 4.78 is 4.82. The van der Waals surface area contributed by atoms with Gasteiger partial charge in [-0.3, -0.25) is 4.79 Å². The van der Waals surface area contributed by atoms with Crippen molar-refractivity contribution in [3.05, 3.63) is 22.3 Å². The van der Waals surface area contributed by atoms with Crippen LogP contribution < -0.4 is 10.6 Å². The molecule has 0 aliphatic heterocycles. The normalized spacial score (nSPS) is 10.2. The number of nitrogens with one attached hydrogen (secondary N) is 2. The molecule has 5 nitrogen and oxygen atoms in total. The molecule has 0 aliphatic carbocycles. The predicted octanol–water partition coefficient (Wildman–Crippen LogP) is 1.95. The van der Waals surface area contributed by atoms with Crippen LogP contribution in [0.15, 0.2) is 12.3 Å². The number of carbonyl (C=O) groups excluding carboxylic acids is 1. The van der Waals surface area contributed by atoms with Crippen LogP contribution in [0.25, 0.3) is 0 Å². The Morgan fingerprint density at radius 2 is 2.22 bits per heavy atom. The molecule has 0 radical (unpaired) electrons. The molecule has 0 saturated carbocycles. The van der Waals surface area contributed by atoms with Gasteiger partial charge in [0.25, 0.3) is 0 Å². The molecule has 0 saturated heterocycles. The Labute approximate surface area is 116 Å².